The molecule has 0 bridgehead atoms. The molecule has 0 saturated carbocycles. The van der Waals surface area contributed by atoms with Crippen LogP contribution in [0.3, 0.4) is 0 Å². The maximum Gasteiger partial charge on any atom is 0.330 e. The van der Waals surface area contributed by atoms with Crippen molar-refractivity contribution >= 4 is 17.9 Å². The zero-order chi connectivity index (χ0) is 22.6. The van der Waals surface area contributed by atoms with Crippen LogP contribution in [0.25, 0.3) is 0 Å². The van der Waals surface area contributed by atoms with Crippen LogP contribution in [-0.2, 0) is 19.1 Å². The normalized spacial score (nSPS) is 9.89. The summed E-state index contributed by atoms with van der Waals surface area (Å²) in [6.07, 6.45) is -0.954. The molecule has 1 aliphatic rings. The summed E-state index contributed by atoms with van der Waals surface area (Å²) in [5.74, 6) is -2.81. The molecule has 0 aliphatic carbocycles. The molecule has 1 aliphatic heterocycles. The third-order valence-corrected chi connectivity index (χ3v) is 1.72. The predicted molar refractivity (Wildman–Crippen MR) is 98.3 cm³/mol. The SMILES string of the molecule is C1CO1.C=C(C)C(=O)O.C=C(C)C(=O)O.C=C(C)C(=O)O.OCC(O)CO. The summed E-state index contributed by atoms with van der Waals surface area (Å²) in [4.78, 5) is 28.8. The standard InChI is InChI=1S/3C4H6O2.C3H8O3.C2H4O/c3*1-3(2)4(5)6;4-1-3(6)2-5;1-2-3-1/h3*1H2,2H3,(H,5,6);3-6H,1-2H2;1-2H2. The van der Waals surface area contributed by atoms with Crippen LogP contribution < -0.4 is 0 Å². The lowest BCUT2D eigenvalue weighted by molar-refractivity contribution is -0.133. The minimum atomic E-state index is -0.954. The molecule has 0 aromatic heterocycles. The van der Waals surface area contributed by atoms with Gasteiger partial charge in [0.05, 0.1) is 26.4 Å². The van der Waals surface area contributed by atoms with E-state index in [1.54, 1.807) is 0 Å². The van der Waals surface area contributed by atoms with E-state index in [0.29, 0.717) is 0 Å². The molecule has 0 aromatic rings. The zero-order valence-electron chi connectivity index (χ0n) is 15.8. The Morgan fingerprint density at radius 2 is 0.926 bits per heavy atom. The molecule has 0 spiro atoms. The maximum absolute atomic E-state index is 9.60. The van der Waals surface area contributed by atoms with Crippen molar-refractivity contribution < 1.29 is 49.8 Å². The molecule has 158 valence electrons. The number of rotatable bonds is 5. The van der Waals surface area contributed by atoms with E-state index in [2.05, 4.69) is 24.5 Å². The molecule has 6 N–H and O–H groups in total. The van der Waals surface area contributed by atoms with E-state index in [-0.39, 0.29) is 29.9 Å². The quantitative estimate of drug-likeness (QED) is 0.279. The number of aliphatic hydroxyl groups is 3. The largest absolute Gasteiger partial charge is 0.478 e. The molecule has 0 radical (unpaired) electrons. The molecule has 1 saturated heterocycles. The predicted octanol–water partition coefficient (Wildman–Crippen LogP) is 0.290. The van der Waals surface area contributed by atoms with Crippen molar-refractivity contribution in [2.45, 2.75) is 26.9 Å². The molecule has 0 amide bonds. The number of aliphatic carboxylic acids is 3. The lowest BCUT2D eigenvalue weighted by Crippen LogP contribution is -2.15. The topological polar surface area (TPSA) is 185 Å². The van der Waals surface area contributed by atoms with Crippen LogP contribution in [-0.4, -0.2) is 81.1 Å². The number of carbonyl (C=O) groups is 3. The number of carboxylic acids is 3. The van der Waals surface area contributed by atoms with Gasteiger partial charge in [0, 0.05) is 16.7 Å². The van der Waals surface area contributed by atoms with Gasteiger partial charge >= 0.3 is 17.9 Å². The number of ether oxygens (including phenoxy) is 1. The Bertz CT molecular complexity index is 380. The van der Waals surface area contributed by atoms with Gasteiger partial charge in [0.1, 0.15) is 6.10 Å². The summed E-state index contributed by atoms with van der Waals surface area (Å²) in [6, 6.07) is 0. The molecule has 27 heavy (non-hydrogen) atoms. The van der Waals surface area contributed by atoms with Gasteiger partial charge in [-0.3, -0.25) is 0 Å². The highest BCUT2D eigenvalue weighted by atomic mass is 16.6. The van der Waals surface area contributed by atoms with Crippen molar-refractivity contribution in [3.8, 4) is 0 Å². The third kappa shape index (κ3) is 51.7. The van der Waals surface area contributed by atoms with Crippen molar-refractivity contribution in [1.29, 1.82) is 0 Å². The van der Waals surface area contributed by atoms with E-state index in [0.717, 1.165) is 13.2 Å². The Balaban J connectivity index is -0.000000124. The van der Waals surface area contributed by atoms with Gasteiger partial charge in [-0.25, -0.2) is 14.4 Å². The first-order valence-electron chi connectivity index (χ1n) is 7.38. The van der Waals surface area contributed by atoms with Crippen molar-refractivity contribution in [2.75, 3.05) is 26.4 Å². The average molecular weight is 394 g/mol. The molecule has 1 fully saturated rings. The van der Waals surface area contributed by atoms with Gasteiger partial charge in [0.25, 0.3) is 0 Å². The van der Waals surface area contributed by atoms with Gasteiger partial charge in [-0.05, 0) is 20.8 Å². The second kappa shape index (κ2) is 21.5. The molecular weight excluding hydrogens is 364 g/mol. The molecule has 0 atom stereocenters. The van der Waals surface area contributed by atoms with Gasteiger partial charge in [-0.2, -0.15) is 0 Å². The Hall–Kier alpha value is -2.53. The highest BCUT2D eigenvalue weighted by molar-refractivity contribution is 5.85. The van der Waals surface area contributed by atoms with E-state index >= 15 is 0 Å². The van der Waals surface area contributed by atoms with E-state index in [1.165, 1.54) is 20.8 Å². The highest BCUT2D eigenvalue weighted by Gasteiger charge is 1.94. The van der Waals surface area contributed by atoms with Gasteiger partial charge in [-0.1, -0.05) is 19.7 Å². The van der Waals surface area contributed by atoms with Gasteiger partial charge in [0.15, 0.2) is 0 Å². The summed E-state index contributed by atoms with van der Waals surface area (Å²) in [5.41, 5.74) is 0.528. The lowest BCUT2D eigenvalue weighted by atomic mass is 10.4. The lowest BCUT2D eigenvalue weighted by Gasteiger charge is -1.96. The van der Waals surface area contributed by atoms with Crippen LogP contribution in [0, 0.1) is 0 Å². The smallest absolute Gasteiger partial charge is 0.330 e. The minimum absolute atomic E-state index is 0.176. The van der Waals surface area contributed by atoms with Crippen LogP contribution in [0.4, 0.5) is 0 Å². The molecule has 0 unspecified atom stereocenters. The van der Waals surface area contributed by atoms with E-state index < -0.39 is 24.0 Å². The first kappa shape index (κ1) is 32.2. The minimum Gasteiger partial charge on any atom is -0.478 e. The molecule has 10 nitrogen and oxygen atoms in total. The van der Waals surface area contributed by atoms with Crippen LogP contribution >= 0.6 is 0 Å². The second-order valence-electron chi connectivity index (χ2n) is 4.89. The molecule has 1 heterocycles. The van der Waals surface area contributed by atoms with Gasteiger partial charge < -0.3 is 35.4 Å². The first-order chi connectivity index (χ1) is 12.2. The fourth-order valence-corrected chi connectivity index (χ4v) is 0.0577. The maximum atomic E-state index is 9.60. The van der Waals surface area contributed by atoms with Gasteiger partial charge in [0.2, 0.25) is 0 Å². The zero-order valence-corrected chi connectivity index (χ0v) is 15.8. The summed E-state index contributed by atoms with van der Waals surface area (Å²) in [5, 5.41) is 47.7. The number of hydrogen-bond acceptors (Lipinski definition) is 7. The van der Waals surface area contributed by atoms with Crippen molar-refractivity contribution in [2.24, 2.45) is 0 Å². The molecule has 10 heteroatoms. The van der Waals surface area contributed by atoms with Gasteiger partial charge in [-0.15, -0.1) is 0 Å². The number of aliphatic hydroxyl groups excluding tert-OH is 3. The number of hydrogen-bond donors (Lipinski definition) is 6. The third-order valence-electron chi connectivity index (χ3n) is 1.72. The summed E-state index contributed by atoms with van der Waals surface area (Å²) in [7, 11) is 0. The van der Waals surface area contributed by atoms with E-state index in [9.17, 15) is 14.4 Å². The Kier molecular flexibility index (Phi) is 25.6. The molecule has 1 rings (SSSR count). The molecule has 0 aromatic carbocycles. The van der Waals surface area contributed by atoms with E-state index in [4.69, 9.17) is 30.6 Å². The van der Waals surface area contributed by atoms with Crippen LogP contribution in [0.5, 0.6) is 0 Å². The summed E-state index contributed by atoms with van der Waals surface area (Å²) >= 11 is 0. The van der Waals surface area contributed by atoms with Crippen LogP contribution in [0.15, 0.2) is 36.5 Å². The second-order valence-corrected chi connectivity index (χ2v) is 4.89. The van der Waals surface area contributed by atoms with E-state index in [1.807, 2.05) is 0 Å². The fourth-order valence-electron chi connectivity index (χ4n) is 0.0577. The first-order valence-corrected chi connectivity index (χ1v) is 7.38. The average Bonchev–Trinajstić information content (AvgIpc) is 3.44. The number of epoxide rings is 1. The van der Waals surface area contributed by atoms with Crippen LogP contribution in [0.2, 0.25) is 0 Å². The summed E-state index contributed by atoms with van der Waals surface area (Å²) < 4.78 is 4.50. The Labute approximate surface area is 158 Å². The monoisotopic (exact) mass is 394 g/mol. The Morgan fingerprint density at radius 1 is 0.778 bits per heavy atom. The van der Waals surface area contributed by atoms with Crippen LogP contribution in [0.1, 0.15) is 20.8 Å². The van der Waals surface area contributed by atoms with Crippen molar-refractivity contribution in [1.82, 2.24) is 0 Å². The fraction of sp³-hybridized carbons (Fsp3) is 0.471. The number of carboxylic acid groups (broad SMARTS) is 3. The summed E-state index contributed by atoms with van der Waals surface area (Å²) in [6.45, 7) is 15.1. The molecular formula is C17H30O10. The Morgan fingerprint density at radius 3 is 0.926 bits per heavy atom. The van der Waals surface area contributed by atoms with Crippen molar-refractivity contribution in [3.05, 3.63) is 36.5 Å². The highest BCUT2D eigenvalue weighted by Crippen LogP contribution is 1.84. The van der Waals surface area contributed by atoms with Crippen molar-refractivity contribution in [3.63, 3.8) is 0 Å².